The number of carbonyl (C=O) groups excluding carboxylic acids is 1. The van der Waals surface area contributed by atoms with E-state index >= 15 is 0 Å². The Morgan fingerprint density at radius 2 is 1.93 bits per heavy atom. The molecule has 4 rings (SSSR count). The molecule has 0 fully saturated rings. The number of rotatable bonds is 3. The van der Waals surface area contributed by atoms with Crippen molar-refractivity contribution in [2.45, 2.75) is 12.2 Å². The molecular weight excluding hydrogens is 403 g/mol. The van der Waals surface area contributed by atoms with Gasteiger partial charge in [0.15, 0.2) is 5.75 Å². The van der Waals surface area contributed by atoms with Gasteiger partial charge in [-0.3, -0.25) is 14.6 Å². The normalized spacial score (nSPS) is 14.9. The number of aromatic amines is 1. The fraction of sp³-hybridized carbons (Fsp3) is 0.150. The van der Waals surface area contributed by atoms with E-state index in [1.54, 1.807) is 29.2 Å². The molecule has 0 bridgehead atoms. The summed E-state index contributed by atoms with van der Waals surface area (Å²) < 4.78 is 49.3. The molecule has 0 saturated carbocycles. The van der Waals surface area contributed by atoms with Crippen LogP contribution in [0.25, 0.3) is 0 Å². The minimum atomic E-state index is -4.72. The van der Waals surface area contributed by atoms with Crippen LogP contribution in [-0.4, -0.2) is 23.0 Å². The van der Waals surface area contributed by atoms with E-state index in [-0.39, 0.29) is 0 Å². The van der Waals surface area contributed by atoms with E-state index in [4.69, 9.17) is 9.47 Å². The zero-order valence-corrected chi connectivity index (χ0v) is 15.4. The van der Waals surface area contributed by atoms with E-state index in [1.807, 2.05) is 0 Å². The smallest absolute Gasteiger partial charge is 0.431 e. The van der Waals surface area contributed by atoms with Gasteiger partial charge in [0.05, 0.1) is 19.3 Å². The third-order valence-electron chi connectivity index (χ3n) is 4.61. The number of fused-ring (bicyclic) bond motifs is 2. The Kier molecular flexibility index (Phi) is 4.69. The summed E-state index contributed by atoms with van der Waals surface area (Å²) in [7, 11) is 1.50. The second-order valence-electron chi connectivity index (χ2n) is 6.44. The first-order chi connectivity index (χ1) is 14.3. The molecule has 1 aliphatic heterocycles. The molecule has 0 radical (unpaired) electrons. The van der Waals surface area contributed by atoms with Crippen LogP contribution in [0.4, 0.5) is 13.2 Å². The molecule has 1 aliphatic rings. The standard InChI is InChI=1S/C20H14F3N3O4/c1-29-10-2-3-11-14(8-10)30-15-9-24-7-6-12(15)17(11)26-19(28)13-4-5-16(20(21,22)23)25-18(13)27/h2-9,17H,1H3,(H,25,27)(H,26,28). The molecule has 2 aromatic heterocycles. The summed E-state index contributed by atoms with van der Waals surface area (Å²) in [4.78, 5) is 30.5. The van der Waals surface area contributed by atoms with Gasteiger partial charge in [-0.05, 0) is 30.3 Å². The highest BCUT2D eigenvalue weighted by molar-refractivity contribution is 5.94. The number of amides is 1. The van der Waals surface area contributed by atoms with Crippen molar-refractivity contribution in [3.63, 3.8) is 0 Å². The maximum atomic E-state index is 12.8. The SMILES string of the molecule is COc1ccc2c(c1)Oc1cnccc1C2NC(=O)c1ccc(C(F)(F)F)[nH]c1=O. The third kappa shape index (κ3) is 3.47. The molecule has 1 aromatic carbocycles. The first-order valence-corrected chi connectivity index (χ1v) is 8.69. The fourth-order valence-corrected chi connectivity index (χ4v) is 3.15. The maximum Gasteiger partial charge on any atom is 0.431 e. The van der Waals surface area contributed by atoms with Gasteiger partial charge in [0.25, 0.3) is 11.5 Å². The second kappa shape index (κ2) is 7.21. The average Bonchev–Trinajstić information content (AvgIpc) is 2.72. The Bertz CT molecular complexity index is 1190. The minimum absolute atomic E-state index is 0.393. The molecular formula is C20H14F3N3O4. The molecule has 154 valence electrons. The number of aromatic nitrogens is 2. The van der Waals surface area contributed by atoms with Gasteiger partial charge in [0.2, 0.25) is 0 Å². The Balaban J connectivity index is 1.71. The van der Waals surface area contributed by atoms with Gasteiger partial charge in [-0.15, -0.1) is 0 Å². The average molecular weight is 417 g/mol. The Morgan fingerprint density at radius 3 is 2.63 bits per heavy atom. The number of methoxy groups -OCH3 is 1. The number of benzene rings is 1. The van der Waals surface area contributed by atoms with Crippen molar-refractivity contribution >= 4 is 5.91 Å². The van der Waals surface area contributed by atoms with E-state index in [2.05, 4.69) is 10.3 Å². The maximum absolute atomic E-state index is 12.8. The number of ether oxygens (including phenoxy) is 2. The fourth-order valence-electron chi connectivity index (χ4n) is 3.15. The number of halogens is 3. The highest BCUT2D eigenvalue weighted by Crippen LogP contribution is 2.43. The molecule has 1 amide bonds. The summed E-state index contributed by atoms with van der Waals surface area (Å²) in [6.45, 7) is 0. The van der Waals surface area contributed by atoms with Gasteiger partial charge in [0, 0.05) is 23.4 Å². The van der Waals surface area contributed by atoms with Crippen molar-refractivity contribution in [1.82, 2.24) is 15.3 Å². The molecule has 0 aliphatic carbocycles. The van der Waals surface area contributed by atoms with Gasteiger partial charge in [-0.25, -0.2) is 0 Å². The lowest BCUT2D eigenvalue weighted by Gasteiger charge is -2.28. The number of hydrogen-bond donors (Lipinski definition) is 2. The van der Waals surface area contributed by atoms with Crippen molar-refractivity contribution < 1.29 is 27.4 Å². The molecule has 10 heteroatoms. The molecule has 3 heterocycles. The quantitative estimate of drug-likeness (QED) is 0.681. The lowest BCUT2D eigenvalue weighted by molar-refractivity contribution is -0.141. The lowest BCUT2D eigenvalue weighted by Crippen LogP contribution is -2.35. The van der Waals surface area contributed by atoms with E-state index in [0.29, 0.717) is 34.4 Å². The molecule has 0 saturated heterocycles. The molecule has 3 aromatic rings. The van der Waals surface area contributed by atoms with Crippen LogP contribution in [-0.2, 0) is 6.18 Å². The van der Waals surface area contributed by atoms with Crippen molar-refractivity contribution in [1.29, 1.82) is 0 Å². The molecule has 30 heavy (non-hydrogen) atoms. The summed E-state index contributed by atoms with van der Waals surface area (Å²) in [5.74, 6) is 0.512. The van der Waals surface area contributed by atoms with Crippen molar-refractivity contribution in [2.75, 3.05) is 7.11 Å². The van der Waals surface area contributed by atoms with Crippen LogP contribution < -0.4 is 20.3 Å². The summed E-state index contributed by atoms with van der Waals surface area (Å²) in [5, 5.41) is 2.70. The number of alkyl halides is 3. The minimum Gasteiger partial charge on any atom is -0.497 e. The number of nitrogens with one attached hydrogen (secondary N) is 2. The van der Waals surface area contributed by atoms with Gasteiger partial charge in [-0.1, -0.05) is 0 Å². The monoisotopic (exact) mass is 417 g/mol. The number of nitrogens with zero attached hydrogens (tertiary/aromatic N) is 1. The van der Waals surface area contributed by atoms with Crippen LogP contribution in [0.15, 0.2) is 53.6 Å². The highest BCUT2D eigenvalue weighted by Gasteiger charge is 2.33. The van der Waals surface area contributed by atoms with Crippen LogP contribution in [0.2, 0.25) is 0 Å². The molecule has 7 nitrogen and oxygen atoms in total. The van der Waals surface area contributed by atoms with Crippen LogP contribution in [0.3, 0.4) is 0 Å². The lowest BCUT2D eigenvalue weighted by atomic mass is 9.95. The van der Waals surface area contributed by atoms with Gasteiger partial charge < -0.3 is 19.8 Å². The van der Waals surface area contributed by atoms with Crippen molar-refractivity contribution in [3.8, 4) is 17.2 Å². The van der Waals surface area contributed by atoms with Crippen LogP contribution >= 0.6 is 0 Å². The van der Waals surface area contributed by atoms with Gasteiger partial charge in [-0.2, -0.15) is 13.2 Å². The third-order valence-corrected chi connectivity index (χ3v) is 4.61. The predicted octanol–water partition coefficient (Wildman–Crippen LogP) is 3.42. The Labute approximate surface area is 167 Å². The zero-order valence-electron chi connectivity index (χ0n) is 15.4. The van der Waals surface area contributed by atoms with Crippen LogP contribution in [0.5, 0.6) is 17.2 Å². The van der Waals surface area contributed by atoms with E-state index in [9.17, 15) is 22.8 Å². The number of pyridine rings is 2. The van der Waals surface area contributed by atoms with E-state index in [1.165, 1.54) is 19.5 Å². The van der Waals surface area contributed by atoms with Crippen molar-refractivity contribution in [2.24, 2.45) is 0 Å². The summed E-state index contributed by atoms with van der Waals surface area (Å²) in [5.41, 5.74) is -1.64. The molecule has 1 unspecified atom stereocenters. The second-order valence-corrected chi connectivity index (χ2v) is 6.44. The highest BCUT2D eigenvalue weighted by atomic mass is 19.4. The topological polar surface area (TPSA) is 93.3 Å². The Morgan fingerprint density at radius 1 is 1.17 bits per heavy atom. The molecule has 1 atom stereocenters. The van der Waals surface area contributed by atoms with Gasteiger partial charge >= 0.3 is 6.18 Å². The summed E-state index contributed by atoms with van der Waals surface area (Å²) >= 11 is 0. The first kappa shape index (κ1) is 19.5. The first-order valence-electron chi connectivity index (χ1n) is 8.69. The van der Waals surface area contributed by atoms with Crippen LogP contribution in [0.1, 0.15) is 33.2 Å². The van der Waals surface area contributed by atoms with Crippen LogP contribution in [0, 0.1) is 0 Å². The number of H-pyrrole nitrogens is 1. The Hall–Kier alpha value is -3.82. The molecule has 0 spiro atoms. The predicted molar refractivity (Wildman–Crippen MR) is 98.7 cm³/mol. The largest absolute Gasteiger partial charge is 0.497 e. The zero-order chi connectivity index (χ0) is 21.5. The van der Waals surface area contributed by atoms with Crippen molar-refractivity contribution in [3.05, 3.63) is 81.5 Å². The molecule has 2 N–H and O–H groups in total. The summed E-state index contributed by atoms with van der Waals surface area (Å²) in [6, 6.07) is 7.43. The van der Waals surface area contributed by atoms with E-state index < -0.39 is 34.9 Å². The summed E-state index contributed by atoms with van der Waals surface area (Å²) in [6.07, 6.45) is -1.73. The van der Waals surface area contributed by atoms with Gasteiger partial charge in [0.1, 0.15) is 22.8 Å². The number of hydrogen-bond acceptors (Lipinski definition) is 5. The van der Waals surface area contributed by atoms with E-state index in [0.717, 1.165) is 6.07 Å². The number of carbonyl (C=O) groups is 1.